The van der Waals surface area contributed by atoms with Crippen LogP contribution in [0.1, 0.15) is 45.4 Å². The Hall–Kier alpha value is -1.22. The second-order valence-electron chi connectivity index (χ2n) is 8.78. The number of sulfonamides is 1. The topological polar surface area (TPSA) is 69.7 Å². The Morgan fingerprint density at radius 2 is 1.81 bits per heavy atom. The van der Waals surface area contributed by atoms with Crippen LogP contribution in [0.5, 0.6) is 0 Å². The molecule has 2 saturated heterocycles. The Kier molecular flexibility index (Phi) is 8.73. The third-order valence-corrected chi connectivity index (χ3v) is 8.61. The van der Waals surface area contributed by atoms with Crippen LogP contribution in [-0.4, -0.2) is 62.8 Å². The van der Waals surface area contributed by atoms with E-state index in [1.807, 2.05) is 0 Å². The third kappa shape index (κ3) is 6.63. The van der Waals surface area contributed by atoms with Crippen molar-refractivity contribution >= 4 is 27.5 Å². The highest BCUT2D eigenvalue weighted by atomic mass is 35.5. The number of halogens is 2. The minimum Gasteiger partial charge on any atom is -0.356 e. The average Bonchev–Trinajstić information content (AvgIpc) is 2.76. The molecule has 3 rings (SSSR count). The highest BCUT2D eigenvalue weighted by Gasteiger charge is 2.32. The molecule has 0 radical (unpaired) electrons. The number of likely N-dealkylation sites (tertiary alicyclic amines) is 1. The van der Waals surface area contributed by atoms with Crippen molar-refractivity contribution in [2.24, 2.45) is 11.8 Å². The number of carbonyl (C=O) groups excluding carboxylic acids is 1. The van der Waals surface area contributed by atoms with Crippen molar-refractivity contribution in [3.63, 3.8) is 0 Å². The minimum absolute atomic E-state index is 0.00803. The van der Waals surface area contributed by atoms with Gasteiger partial charge in [-0.15, -0.1) is 0 Å². The number of rotatable bonds is 8. The maximum atomic E-state index is 13.3. The van der Waals surface area contributed by atoms with Gasteiger partial charge in [-0.1, -0.05) is 18.5 Å². The van der Waals surface area contributed by atoms with Gasteiger partial charge in [0.2, 0.25) is 15.9 Å². The van der Waals surface area contributed by atoms with Gasteiger partial charge < -0.3 is 10.2 Å². The van der Waals surface area contributed by atoms with Gasteiger partial charge in [0, 0.05) is 25.6 Å². The van der Waals surface area contributed by atoms with E-state index >= 15 is 0 Å². The molecule has 1 aromatic carbocycles. The van der Waals surface area contributed by atoms with Crippen LogP contribution in [0, 0.1) is 17.7 Å². The first-order valence-corrected chi connectivity index (χ1v) is 13.0. The van der Waals surface area contributed by atoms with Gasteiger partial charge >= 0.3 is 0 Å². The summed E-state index contributed by atoms with van der Waals surface area (Å²) < 4.78 is 40.2. The highest BCUT2D eigenvalue weighted by molar-refractivity contribution is 7.89. The van der Waals surface area contributed by atoms with E-state index in [1.54, 1.807) is 0 Å². The zero-order chi connectivity index (χ0) is 22.4. The first-order valence-electron chi connectivity index (χ1n) is 11.2. The normalized spacial score (nSPS) is 20.1. The molecule has 0 aliphatic carbocycles. The smallest absolute Gasteiger partial charge is 0.243 e. The van der Waals surface area contributed by atoms with E-state index in [4.69, 9.17) is 11.6 Å². The second kappa shape index (κ2) is 11.1. The van der Waals surface area contributed by atoms with E-state index in [-0.39, 0.29) is 34.8 Å². The molecule has 0 saturated carbocycles. The van der Waals surface area contributed by atoms with Gasteiger partial charge in [-0.25, -0.2) is 12.8 Å². The van der Waals surface area contributed by atoms with Crippen molar-refractivity contribution in [1.82, 2.24) is 14.5 Å². The first-order chi connectivity index (χ1) is 14.8. The van der Waals surface area contributed by atoms with Crippen molar-refractivity contribution < 1.29 is 17.6 Å². The van der Waals surface area contributed by atoms with E-state index in [9.17, 15) is 17.6 Å². The van der Waals surface area contributed by atoms with E-state index in [0.717, 1.165) is 37.4 Å². The number of nitrogens with one attached hydrogen (secondary N) is 1. The number of nitrogens with zero attached hydrogens (tertiary/aromatic N) is 2. The molecule has 0 atom stereocenters. The molecule has 2 heterocycles. The number of piperidine rings is 2. The van der Waals surface area contributed by atoms with Crippen LogP contribution in [0.3, 0.4) is 0 Å². The maximum Gasteiger partial charge on any atom is 0.243 e. The molecule has 2 aliphatic heterocycles. The lowest BCUT2D eigenvalue weighted by Gasteiger charge is -2.31. The molecule has 1 aromatic rings. The molecule has 174 valence electrons. The largest absolute Gasteiger partial charge is 0.356 e. The monoisotopic (exact) mass is 473 g/mol. The van der Waals surface area contributed by atoms with Crippen LogP contribution in [0.25, 0.3) is 0 Å². The number of hydrogen-bond acceptors (Lipinski definition) is 4. The van der Waals surface area contributed by atoms with Crippen LogP contribution in [0.4, 0.5) is 4.39 Å². The van der Waals surface area contributed by atoms with Crippen molar-refractivity contribution in [2.75, 3.05) is 39.3 Å². The van der Waals surface area contributed by atoms with Crippen molar-refractivity contribution in [2.45, 2.75) is 50.3 Å². The Labute approximate surface area is 190 Å². The number of hydrogen-bond donors (Lipinski definition) is 1. The summed E-state index contributed by atoms with van der Waals surface area (Å²) in [4.78, 5) is 14.9. The Bertz CT molecular complexity index is 852. The zero-order valence-corrected chi connectivity index (χ0v) is 19.7. The van der Waals surface area contributed by atoms with Crippen molar-refractivity contribution in [1.29, 1.82) is 0 Å². The molecule has 0 unspecified atom stereocenters. The summed E-state index contributed by atoms with van der Waals surface area (Å²) in [5.41, 5.74) is 0. The molecule has 0 aromatic heterocycles. The first kappa shape index (κ1) is 24.4. The van der Waals surface area contributed by atoms with E-state index in [2.05, 4.69) is 17.1 Å². The van der Waals surface area contributed by atoms with Gasteiger partial charge in [-0.3, -0.25) is 4.79 Å². The number of benzene rings is 1. The number of carbonyl (C=O) groups is 1. The van der Waals surface area contributed by atoms with Gasteiger partial charge in [0.15, 0.2) is 0 Å². The molecule has 1 N–H and O–H groups in total. The van der Waals surface area contributed by atoms with E-state index in [0.29, 0.717) is 19.4 Å². The minimum atomic E-state index is -3.74. The summed E-state index contributed by atoms with van der Waals surface area (Å²) >= 11 is 5.73. The molecule has 6 nitrogen and oxygen atoms in total. The SMILES string of the molecule is CC1CCN(CCCCNC(=O)C2CCN(S(=O)(=O)c3ccc(F)c(Cl)c3)CC2)CC1. The van der Waals surface area contributed by atoms with Gasteiger partial charge in [0.25, 0.3) is 0 Å². The van der Waals surface area contributed by atoms with Crippen LogP contribution >= 0.6 is 11.6 Å². The predicted molar refractivity (Wildman–Crippen MR) is 120 cm³/mol. The fourth-order valence-electron chi connectivity index (χ4n) is 4.25. The summed E-state index contributed by atoms with van der Waals surface area (Å²) in [7, 11) is -3.74. The number of unbranched alkanes of at least 4 members (excludes halogenated alkanes) is 1. The molecule has 2 fully saturated rings. The zero-order valence-electron chi connectivity index (χ0n) is 18.2. The fraction of sp³-hybridized carbons (Fsp3) is 0.682. The lowest BCUT2D eigenvalue weighted by molar-refractivity contribution is -0.126. The van der Waals surface area contributed by atoms with Crippen LogP contribution in [-0.2, 0) is 14.8 Å². The van der Waals surface area contributed by atoms with Gasteiger partial charge in [0.05, 0.1) is 9.92 Å². The standard InChI is InChI=1S/C22H33ClFN3O3S/c1-17-6-12-26(13-7-17)11-3-2-10-25-22(28)18-8-14-27(15-9-18)31(29,30)19-4-5-21(24)20(23)16-19/h4-5,16-18H,2-3,6-15H2,1H3,(H,25,28). The van der Waals surface area contributed by atoms with Crippen LogP contribution in [0.2, 0.25) is 5.02 Å². The van der Waals surface area contributed by atoms with Crippen molar-refractivity contribution in [3.05, 3.63) is 29.0 Å². The second-order valence-corrected chi connectivity index (χ2v) is 11.1. The molecular formula is C22H33ClFN3O3S. The summed E-state index contributed by atoms with van der Waals surface area (Å²) in [6, 6.07) is 3.41. The fourth-order valence-corrected chi connectivity index (χ4v) is 5.99. The highest BCUT2D eigenvalue weighted by Crippen LogP contribution is 2.26. The van der Waals surface area contributed by atoms with E-state index in [1.165, 1.54) is 36.3 Å². The third-order valence-electron chi connectivity index (χ3n) is 6.43. The Balaban J connectivity index is 1.37. The quantitative estimate of drug-likeness (QED) is 0.586. The summed E-state index contributed by atoms with van der Waals surface area (Å²) in [5, 5.41) is 2.79. The molecular weight excluding hydrogens is 441 g/mol. The molecule has 0 spiro atoms. The Morgan fingerprint density at radius 3 is 2.45 bits per heavy atom. The van der Waals surface area contributed by atoms with Gasteiger partial charge in [0.1, 0.15) is 5.82 Å². The Morgan fingerprint density at radius 1 is 1.13 bits per heavy atom. The average molecular weight is 474 g/mol. The number of amides is 1. The van der Waals surface area contributed by atoms with E-state index < -0.39 is 15.8 Å². The molecule has 0 bridgehead atoms. The lowest BCUT2D eigenvalue weighted by atomic mass is 9.97. The maximum absolute atomic E-state index is 13.3. The molecule has 31 heavy (non-hydrogen) atoms. The summed E-state index contributed by atoms with van der Waals surface area (Å²) in [6.07, 6.45) is 5.54. The van der Waals surface area contributed by atoms with Crippen molar-refractivity contribution in [3.8, 4) is 0 Å². The summed E-state index contributed by atoms with van der Waals surface area (Å²) in [6.45, 7) is 6.96. The van der Waals surface area contributed by atoms with Gasteiger partial charge in [-0.05, 0) is 82.3 Å². The van der Waals surface area contributed by atoms with Crippen LogP contribution in [0.15, 0.2) is 23.1 Å². The van der Waals surface area contributed by atoms with Crippen LogP contribution < -0.4 is 5.32 Å². The summed E-state index contributed by atoms with van der Waals surface area (Å²) in [5.74, 6) is 0.0208. The predicted octanol–water partition coefficient (Wildman–Crippen LogP) is 3.51. The molecule has 9 heteroatoms. The molecule has 2 aliphatic rings. The molecule has 1 amide bonds. The van der Waals surface area contributed by atoms with Gasteiger partial charge in [-0.2, -0.15) is 4.31 Å². The lowest BCUT2D eigenvalue weighted by Crippen LogP contribution is -2.43.